The minimum atomic E-state index is -2.37. The number of halogens is 5. The van der Waals surface area contributed by atoms with Crippen molar-refractivity contribution < 1.29 is 22.0 Å². The Bertz CT molecular complexity index is 2370. The van der Waals surface area contributed by atoms with Crippen LogP contribution in [0.5, 0.6) is 0 Å². The van der Waals surface area contributed by atoms with Crippen molar-refractivity contribution in [2.75, 3.05) is 0 Å². The Morgan fingerprint density at radius 1 is 0.727 bits per heavy atom. The highest BCUT2D eigenvalue weighted by Gasteiger charge is 2.30. The maximum Gasteiger partial charge on any atom is 0.305 e. The van der Waals surface area contributed by atoms with Crippen molar-refractivity contribution in [3.63, 3.8) is 0 Å². The summed E-state index contributed by atoms with van der Waals surface area (Å²) in [6.07, 6.45) is 0. The summed E-state index contributed by atoms with van der Waals surface area (Å²) < 4.78 is 72.2. The first kappa shape index (κ1) is 27.6. The molecule has 0 N–H and O–H groups in total. The molecule has 2 aliphatic rings. The van der Waals surface area contributed by atoms with Gasteiger partial charge >= 0.3 is 5.70 Å². The second-order valence-corrected chi connectivity index (χ2v) is 9.00. The Morgan fingerprint density at radius 3 is 1.91 bits per heavy atom. The normalized spacial score (nSPS) is 13.7. The lowest BCUT2D eigenvalue weighted by atomic mass is 10.1. The average Bonchev–Trinajstić information content (AvgIpc) is 3.67. The molecular formula is C29H9F5N10. The fourth-order valence-corrected chi connectivity index (χ4v) is 4.31. The van der Waals surface area contributed by atoms with Crippen LogP contribution in [0.4, 0.5) is 22.0 Å². The molecule has 0 spiro atoms. The van der Waals surface area contributed by atoms with E-state index in [1.54, 1.807) is 30.3 Å². The van der Waals surface area contributed by atoms with Crippen molar-refractivity contribution in [1.29, 1.82) is 10.5 Å². The zero-order valence-corrected chi connectivity index (χ0v) is 21.8. The number of rotatable bonds is 3. The number of nitrogens with zero attached hydrogens (tertiary/aromatic N) is 10. The van der Waals surface area contributed by atoms with Gasteiger partial charge in [-0.15, -0.1) is 0 Å². The maximum absolute atomic E-state index is 14.9. The lowest BCUT2D eigenvalue weighted by Crippen LogP contribution is -2.26. The summed E-state index contributed by atoms with van der Waals surface area (Å²) in [4.78, 5) is 32.4. The van der Waals surface area contributed by atoms with Gasteiger partial charge in [-0.05, 0) is 31.2 Å². The van der Waals surface area contributed by atoms with Crippen molar-refractivity contribution in [3.05, 3.63) is 127 Å². The van der Waals surface area contributed by atoms with Crippen LogP contribution in [0.1, 0.15) is 18.3 Å². The molecule has 210 valence electrons. The lowest BCUT2D eigenvalue weighted by molar-refractivity contribution is 0.380. The summed E-state index contributed by atoms with van der Waals surface area (Å²) in [6, 6.07) is 13.1. The van der Waals surface area contributed by atoms with E-state index in [2.05, 4.69) is 39.8 Å². The predicted octanol–water partition coefficient (Wildman–Crippen LogP) is 3.28. The van der Waals surface area contributed by atoms with Crippen LogP contribution in [0.2, 0.25) is 0 Å². The van der Waals surface area contributed by atoms with E-state index in [-0.39, 0.29) is 44.9 Å². The van der Waals surface area contributed by atoms with Crippen LogP contribution in [0.25, 0.3) is 33.2 Å². The van der Waals surface area contributed by atoms with Gasteiger partial charge in [0.2, 0.25) is 5.82 Å². The molecule has 0 radical (unpaired) electrons. The first-order valence-corrected chi connectivity index (χ1v) is 12.2. The van der Waals surface area contributed by atoms with Gasteiger partial charge < -0.3 is 0 Å². The van der Waals surface area contributed by atoms with Crippen LogP contribution in [-0.2, 0) is 0 Å². The van der Waals surface area contributed by atoms with Gasteiger partial charge in [-0.2, -0.15) is 5.26 Å². The minimum absolute atomic E-state index is 0.0533. The third kappa shape index (κ3) is 4.26. The molecule has 0 fully saturated rings. The molecule has 0 aliphatic carbocycles. The number of fused-ring (bicyclic) bond motifs is 2. The highest BCUT2D eigenvalue weighted by Crippen LogP contribution is 2.32. The number of hydrogen-bond acceptors (Lipinski definition) is 9. The standard InChI is InChI=1S/C29H9F5N10/c1-11(25-38-14-5-3-4-6-15(14)39-25)26-42-27(44-29(43-26)18-19(30)21(32)23(34)22(33)20(18)31)12-7-8-16-24(13(12)9-35)41-28(40-16)17(10-36)37-2/h3-8H,1H3/b28-17+. The number of hydrogen-bond donors (Lipinski definition) is 0. The first-order valence-electron chi connectivity index (χ1n) is 12.2. The topological polar surface area (TPSA) is 140 Å². The maximum atomic E-state index is 14.9. The molecule has 4 aromatic rings. The van der Waals surface area contributed by atoms with Gasteiger partial charge in [0, 0.05) is 11.1 Å². The van der Waals surface area contributed by atoms with Gasteiger partial charge in [0.05, 0.1) is 39.8 Å². The fourth-order valence-electron chi connectivity index (χ4n) is 4.31. The molecule has 0 bridgehead atoms. The Kier molecular flexibility index (Phi) is 6.52. The van der Waals surface area contributed by atoms with Crippen LogP contribution in [-0.4, -0.2) is 15.0 Å². The summed E-state index contributed by atoms with van der Waals surface area (Å²) in [7, 11) is 0. The van der Waals surface area contributed by atoms with Crippen molar-refractivity contribution in [2.24, 2.45) is 20.0 Å². The molecule has 0 saturated carbocycles. The smallest absolute Gasteiger partial charge is 0.238 e. The Hall–Kier alpha value is -6.53. The molecule has 3 heterocycles. The molecule has 3 aromatic carbocycles. The van der Waals surface area contributed by atoms with Crippen LogP contribution < -0.4 is 21.4 Å². The third-order valence-corrected chi connectivity index (χ3v) is 6.46. The summed E-state index contributed by atoms with van der Waals surface area (Å²) in [5.41, 5.74) is -2.00. The van der Waals surface area contributed by atoms with E-state index in [0.29, 0.717) is 10.7 Å². The van der Waals surface area contributed by atoms with Crippen molar-refractivity contribution in [2.45, 2.75) is 6.92 Å². The lowest BCUT2D eigenvalue weighted by Gasteiger charge is -2.11. The van der Waals surface area contributed by atoms with Gasteiger partial charge in [-0.25, -0.2) is 67.0 Å². The molecule has 6 rings (SSSR count). The number of nitriles is 2. The van der Waals surface area contributed by atoms with E-state index in [1.165, 1.54) is 19.1 Å². The number of allylic oxidation sites excluding steroid dienone is 2. The predicted molar refractivity (Wildman–Crippen MR) is 138 cm³/mol. The van der Waals surface area contributed by atoms with Crippen LogP contribution in [0, 0.1) is 58.3 Å². The van der Waals surface area contributed by atoms with Crippen molar-refractivity contribution in [3.8, 4) is 34.9 Å². The highest BCUT2D eigenvalue weighted by molar-refractivity contribution is 5.71. The van der Waals surface area contributed by atoms with Crippen molar-refractivity contribution >= 4 is 5.57 Å². The molecule has 0 amide bonds. The number of para-hydroxylation sites is 2. The zero-order valence-electron chi connectivity index (χ0n) is 21.8. The van der Waals surface area contributed by atoms with E-state index in [9.17, 15) is 32.5 Å². The van der Waals surface area contributed by atoms with Gasteiger partial charge in [-0.1, -0.05) is 12.1 Å². The molecule has 1 aromatic heterocycles. The van der Waals surface area contributed by atoms with Gasteiger partial charge in [-0.3, -0.25) is 0 Å². The molecule has 10 nitrogen and oxygen atoms in total. The second kappa shape index (κ2) is 10.4. The van der Waals surface area contributed by atoms with Gasteiger partial charge in [0.25, 0.3) is 0 Å². The number of benzene rings is 3. The van der Waals surface area contributed by atoms with Crippen LogP contribution >= 0.6 is 0 Å². The van der Waals surface area contributed by atoms with E-state index < -0.39 is 52.0 Å². The highest BCUT2D eigenvalue weighted by atomic mass is 19.2. The Labute approximate surface area is 242 Å². The number of aromatic nitrogens is 3. The van der Waals surface area contributed by atoms with Gasteiger partial charge in [0.1, 0.15) is 11.4 Å². The molecule has 15 heteroatoms. The Balaban J connectivity index is 1.67. The SMILES string of the molecule is [C-]#[N+]/C(C#N)=C1\N=c2ccc(-c3nc(C(C)=C4N=c5ccccc5=N4)nc(-c4c(F)c(F)c(F)c(F)c4F)n3)c(C#N)c2=N1. The minimum Gasteiger partial charge on any atom is -0.238 e. The third-order valence-electron chi connectivity index (χ3n) is 6.46. The first-order chi connectivity index (χ1) is 21.2. The van der Waals surface area contributed by atoms with E-state index in [4.69, 9.17) is 6.57 Å². The second-order valence-electron chi connectivity index (χ2n) is 9.00. The summed E-state index contributed by atoms with van der Waals surface area (Å²) in [5, 5.41) is 20.3. The zero-order chi connectivity index (χ0) is 31.3. The molecule has 44 heavy (non-hydrogen) atoms. The van der Waals surface area contributed by atoms with E-state index >= 15 is 0 Å². The largest absolute Gasteiger partial charge is 0.305 e. The van der Waals surface area contributed by atoms with E-state index in [0.717, 1.165) is 0 Å². The van der Waals surface area contributed by atoms with Crippen LogP contribution in [0.3, 0.4) is 0 Å². The van der Waals surface area contributed by atoms with Crippen LogP contribution in [0.15, 0.2) is 73.7 Å². The average molecular weight is 592 g/mol. The molecule has 0 saturated heterocycles. The summed E-state index contributed by atoms with van der Waals surface area (Å²) >= 11 is 0. The molecule has 0 unspecified atom stereocenters. The van der Waals surface area contributed by atoms with E-state index in [1.807, 2.05) is 6.07 Å². The monoisotopic (exact) mass is 592 g/mol. The summed E-state index contributed by atoms with van der Waals surface area (Å²) in [5.74, 6) is -12.9. The van der Waals surface area contributed by atoms with Crippen molar-refractivity contribution in [1.82, 2.24) is 15.0 Å². The molecule has 2 aliphatic heterocycles. The summed E-state index contributed by atoms with van der Waals surface area (Å²) in [6.45, 7) is 8.62. The van der Waals surface area contributed by atoms with Gasteiger partial charge in [0.15, 0.2) is 52.4 Å². The molecule has 0 atom stereocenters. The molecular weight excluding hydrogens is 583 g/mol. The Morgan fingerprint density at radius 2 is 1.32 bits per heavy atom. The fraction of sp³-hybridized carbons (Fsp3) is 0.0345. The quantitative estimate of drug-likeness (QED) is 0.118.